The molecule has 0 fully saturated rings. The summed E-state index contributed by atoms with van der Waals surface area (Å²) in [7, 11) is 4.11. The van der Waals surface area contributed by atoms with Crippen LogP contribution in [-0.2, 0) is 6.42 Å². The number of nitrogens with one attached hydrogen (secondary N) is 2. The standard InChI is InChI=1S/C9H13N5S2/c1-14(2)4-3-7-10-5-6(16-7)8-11-9(15)13-12-8/h5H,3-4H2,1-2H3,(H2,11,12,13,15). The van der Waals surface area contributed by atoms with Crippen LogP contribution >= 0.6 is 23.6 Å². The molecule has 2 rings (SSSR count). The van der Waals surface area contributed by atoms with Crippen molar-refractivity contribution in [1.29, 1.82) is 0 Å². The molecule has 0 atom stereocenters. The van der Waals surface area contributed by atoms with Crippen LogP contribution in [0.5, 0.6) is 0 Å². The number of H-pyrrole nitrogens is 2. The molecule has 0 bridgehead atoms. The predicted octanol–water partition coefficient (Wildman–Crippen LogP) is 1.69. The van der Waals surface area contributed by atoms with Gasteiger partial charge in [-0.3, -0.25) is 10.2 Å². The Morgan fingerprint density at radius 1 is 1.44 bits per heavy atom. The van der Waals surface area contributed by atoms with Crippen molar-refractivity contribution in [2.75, 3.05) is 20.6 Å². The molecule has 2 aromatic rings. The molecule has 0 amide bonds. The molecule has 16 heavy (non-hydrogen) atoms. The first-order valence-electron chi connectivity index (χ1n) is 4.89. The van der Waals surface area contributed by atoms with Crippen molar-refractivity contribution < 1.29 is 0 Å². The smallest absolute Gasteiger partial charge is 0.213 e. The molecule has 0 unspecified atom stereocenters. The summed E-state index contributed by atoms with van der Waals surface area (Å²) >= 11 is 6.55. The fraction of sp³-hybridized carbons (Fsp3) is 0.444. The highest BCUT2D eigenvalue weighted by Crippen LogP contribution is 2.22. The van der Waals surface area contributed by atoms with Gasteiger partial charge < -0.3 is 4.90 Å². The second-order valence-corrected chi connectivity index (χ2v) is 5.19. The molecule has 86 valence electrons. The lowest BCUT2D eigenvalue weighted by Gasteiger charge is -2.06. The van der Waals surface area contributed by atoms with Crippen LogP contribution in [0.25, 0.3) is 10.7 Å². The second kappa shape index (κ2) is 4.86. The quantitative estimate of drug-likeness (QED) is 0.816. The fourth-order valence-corrected chi connectivity index (χ4v) is 2.24. The van der Waals surface area contributed by atoms with Gasteiger partial charge in [-0.2, -0.15) is 4.98 Å². The predicted molar refractivity (Wildman–Crippen MR) is 67.1 cm³/mol. The van der Waals surface area contributed by atoms with E-state index >= 15 is 0 Å². The van der Waals surface area contributed by atoms with Gasteiger partial charge >= 0.3 is 0 Å². The molecule has 0 saturated carbocycles. The van der Waals surface area contributed by atoms with Gasteiger partial charge in [0, 0.05) is 19.2 Å². The summed E-state index contributed by atoms with van der Waals surface area (Å²) in [6, 6.07) is 0. The summed E-state index contributed by atoms with van der Waals surface area (Å²) in [5.41, 5.74) is 0. The number of nitrogens with zero attached hydrogens (tertiary/aromatic N) is 3. The largest absolute Gasteiger partial charge is 0.309 e. The first-order chi connectivity index (χ1) is 7.65. The summed E-state index contributed by atoms with van der Waals surface area (Å²) in [5.74, 6) is 0.763. The Bertz CT molecular complexity index is 510. The Morgan fingerprint density at radius 3 is 2.88 bits per heavy atom. The lowest BCUT2D eigenvalue weighted by Crippen LogP contribution is -2.14. The van der Waals surface area contributed by atoms with Crippen molar-refractivity contribution in [1.82, 2.24) is 25.1 Å². The Labute approximate surface area is 103 Å². The Morgan fingerprint density at radius 2 is 2.25 bits per heavy atom. The minimum Gasteiger partial charge on any atom is -0.309 e. The van der Waals surface area contributed by atoms with E-state index in [1.807, 2.05) is 6.20 Å². The lowest BCUT2D eigenvalue weighted by molar-refractivity contribution is 0.413. The van der Waals surface area contributed by atoms with Crippen LogP contribution in [0, 0.1) is 4.77 Å². The Balaban J connectivity index is 2.10. The van der Waals surface area contributed by atoms with Crippen molar-refractivity contribution in [2.24, 2.45) is 0 Å². The van der Waals surface area contributed by atoms with Crippen molar-refractivity contribution in [3.05, 3.63) is 16.0 Å². The van der Waals surface area contributed by atoms with Crippen LogP contribution < -0.4 is 0 Å². The third kappa shape index (κ3) is 2.75. The van der Waals surface area contributed by atoms with E-state index in [-0.39, 0.29) is 0 Å². The maximum Gasteiger partial charge on any atom is 0.213 e. The molecule has 0 spiro atoms. The molecule has 0 radical (unpaired) electrons. The number of hydrogen-bond acceptors (Lipinski definition) is 5. The zero-order valence-electron chi connectivity index (χ0n) is 9.15. The molecular formula is C9H13N5S2. The van der Waals surface area contributed by atoms with E-state index in [1.165, 1.54) is 0 Å². The van der Waals surface area contributed by atoms with E-state index in [9.17, 15) is 0 Å². The molecular weight excluding hydrogens is 242 g/mol. The summed E-state index contributed by atoms with van der Waals surface area (Å²) in [4.78, 5) is 11.7. The molecule has 2 N–H and O–H groups in total. The van der Waals surface area contributed by atoms with Gasteiger partial charge in [0.1, 0.15) is 0 Å². The summed E-state index contributed by atoms with van der Waals surface area (Å²) in [6.45, 7) is 1.00. The van der Waals surface area contributed by atoms with E-state index in [2.05, 4.69) is 39.2 Å². The molecule has 0 aliphatic carbocycles. The number of thiazole rings is 1. The first-order valence-corrected chi connectivity index (χ1v) is 6.12. The van der Waals surface area contributed by atoms with Gasteiger partial charge in [-0.05, 0) is 26.3 Å². The number of aromatic nitrogens is 4. The van der Waals surface area contributed by atoms with Gasteiger partial charge in [0.05, 0.1) is 9.88 Å². The normalized spacial score (nSPS) is 11.2. The van der Waals surface area contributed by atoms with Gasteiger partial charge in [0.15, 0.2) is 5.82 Å². The highest BCUT2D eigenvalue weighted by atomic mass is 32.1. The summed E-state index contributed by atoms with van der Waals surface area (Å²) < 4.78 is 0.471. The highest BCUT2D eigenvalue weighted by Gasteiger charge is 2.07. The molecule has 7 heteroatoms. The van der Waals surface area contributed by atoms with Crippen LogP contribution in [0.2, 0.25) is 0 Å². The number of likely N-dealkylation sites (N-methyl/N-ethyl adjacent to an activating group) is 1. The minimum absolute atomic E-state index is 0.471. The fourth-order valence-electron chi connectivity index (χ4n) is 1.24. The van der Waals surface area contributed by atoms with Gasteiger partial charge in [-0.15, -0.1) is 11.3 Å². The van der Waals surface area contributed by atoms with E-state index < -0.39 is 0 Å². The zero-order valence-corrected chi connectivity index (χ0v) is 10.8. The van der Waals surface area contributed by atoms with Crippen LogP contribution in [0.15, 0.2) is 6.20 Å². The van der Waals surface area contributed by atoms with Crippen molar-refractivity contribution >= 4 is 23.6 Å². The Kier molecular flexibility index (Phi) is 3.47. The van der Waals surface area contributed by atoms with Crippen molar-refractivity contribution in [3.63, 3.8) is 0 Å². The van der Waals surface area contributed by atoms with E-state index in [0.717, 1.165) is 28.7 Å². The minimum atomic E-state index is 0.471. The molecule has 0 aliphatic heterocycles. The maximum atomic E-state index is 4.90. The number of hydrogen-bond donors (Lipinski definition) is 2. The molecule has 0 saturated heterocycles. The molecule has 0 aliphatic rings. The topological polar surface area (TPSA) is 60.6 Å². The Hall–Kier alpha value is -1.05. The van der Waals surface area contributed by atoms with Crippen molar-refractivity contribution in [3.8, 4) is 10.7 Å². The zero-order chi connectivity index (χ0) is 11.5. The van der Waals surface area contributed by atoms with Gasteiger partial charge in [0.2, 0.25) is 4.77 Å². The first kappa shape index (κ1) is 11.4. The van der Waals surface area contributed by atoms with Crippen LogP contribution in [-0.4, -0.2) is 45.7 Å². The van der Waals surface area contributed by atoms with Crippen LogP contribution in [0.1, 0.15) is 5.01 Å². The van der Waals surface area contributed by atoms with E-state index in [1.54, 1.807) is 11.3 Å². The van der Waals surface area contributed by atoms with Crippen LogP contribution in [0.3, 0.4) is 0 Å². The van der Waals surface area contributed by atoms with E-state index in [4.69, 9.17) is 12.2 Å². The maximum absolute atomic E-state index is 4.90. The summed E-state index contributed by atoms with van der Waals surface area (Å²) in [5, 5.41) is 6.81. The number of rotatable bonds is 4. The van der Waals surface area contributed by atoms with Crippen molar-refractivity contribution in [2.45, 2.75) is 6.42 Å². The van der Waals surface area contributed by atoms with E-state index in [0.29, 0.717) is 4.77 Å². The molecule has 0 aromatic carbocycles. The second-order valence-electron chi connectivity index (χ2n) is 3.69. The van der Waals surface area contributed by atoms with Gasteiger partial charge in [-0.1, -0.05) is 0 Å². The molecule has 5 nitrogen and oxygen atoms in total. The highest BCUT2D eigenvalue weighted by molar-refractivity contribution is 7.71. The summed E-state index contributed by atoms with van der Waals surface area (Å²) in [6.07, 6.45) is 2.79. The number of aromatic amines is 2. The monoisotopic (exact) mass is 255 g/mol. The van der Waals surface area contributed by atoms with Crippen LogP contribution in [0.4, 0.5) is 0 Å². The third-order valence-corrected chi connectivity index (χ3v) is 3.32. The molecule has 2 aromatic heterocycles. The average Bonchev–Trinajstić information content (AvgIpc) is 2.83. The van der Waals surface area contributed by atoms with Gasteiger partial charge in [0.25, 0.3) is 0 Å². The van der Waals surface area contributed by atoms with Gasteiger partial charge in [-0.25, -0.2) is 4.98 Å². The SMILES string of the molecule is CN(C)CCc1ncc(-c2nc(=S)[nH][nH]2)s1. The third-order valence-electron chi connectivity index (χ3n) is 2.06. The lowest BCUT2D eigenvalue weighted by atomic mass is 10.4. The average molecular weight is 255 g/mol. The molecule has 2 heterocycles.